The summed E-state index contributed by atoms with van der Waals surface area (Å²) in [6, 6.07) is 11.9. The zero-order valence-electron chi connectivity index (χ0n) is 12.3. The molecule has 4 nitrogen and oxygen atoms in total. The number of benzene rings is 1. The molecule has 0 aliphatic carbocycles. The lowest BCUT2D eigenvalue weighted by molar-refractivity contribution is -0.138. The number of nitrogens with zero attached hydrogens (tertiary/aromatic N) is 1. The average Bonchev–Trinajstić information content (AvgIpc) is 2.53. The highest BCUT2D eigenvalue weighted by atomic mass is 16.4. The van der Waals surface area contributed by atoms with Gasteiger partial charge in [-0.1, -0.05) is 24.3 Å². The van der Waals surface area contributed by atoms with Crippen LogP contribution in [0.25, 0.3) is 0 Å². The number of aromatic nitrogens is 1. The summed E-state index contributed by atoms with van der Waals surface area (Å²) in [5.74, 6) is -1.27. The quantitative estimate of drug-likeness (QED) is 0.855. The first kappa shape index (κ1) is 15.2. The molecular formula is C17H20N2O2. The molecule has 0 amide bonds. The van der Waals surface area contributed by atoms with Gasteiger partial charge in [0.05, 0.1) is 5.92 Å². The van der Waals surface area contributed by atoms with Crippen molar-refractivity contribution in [3.63, 3.8) is 0 Å². The van der Waals surface area contributed by atoms with Crippen molar-refractivity contribution in [1.82, 2.24) is 10.3 Å². The van der Waals surface area contributed by atoms with Crippen LogP contribution >= 0.6 is 0 Å². The van der Waals surface area contributed by atoms with Crippen LogP contribution < -0.4 is 5.32 Å². The van der Waals surface area contributed by atoms with Gasteiger partial charge in [-0.3, -0.25) is 9.78 Å². The van der Waals surface area contributed by atoms with Crippen LogP contribution in [0.5, 0.6) is 0 Å². The fourth-order valence-corrected chi connectivity index (χ4v) is 2.11. The van der Waals surface area contributed by atoms with Crippen molar-refractivity contribution < 1.29 is 9.90 Å². The van der Waals surface area contributed by atoms with E-state index >= 15 is 0 Å². The van der Waals surface area contributed by atoms with Crippen LogP contribution in [0.4, 0.5) is 0 Å². The van der Waals surface area contributed by atoms with Crippen molar-refractivity contribution in [3.05, 3.63) is 65.5 Å². The molecule has 0 fully saturated rings. The Hall–Kier alpha value is -2.20. The first-order valence-corrected chi connectivity index (χ1v) is 7.03. The topological polar surface area (TPSA) is 62.2 Å². The highest BCUT2D eigenvalue weighted by Crippen LogP contribution is 2.17. The van der Waals surface area contributed by atoms with Gasteiger partial charge >= 0.3 is 5.97 Å². The second kappa shape index (κ2) is 6.99. The molecule has 0 saturated carbocycles. The maximum Gasteiger partial charge on any atom is 0.310 e. The molecule has 1 aromatic carbocycles. The molecule has 2 N–H and O–H groups in total. The Kier molecular flexibility index (Phi) is 5.06. The lowest BCUT2D eigenvalue weighted by Crippen LogP contribution is -2.18. The molecule has 2 atom stereocenters. The minimum Gasteiger partial charge on any atom is -0.481 e. The van der Waals surface area contributed by atoms with E-state index in [-0.39, 0.29) is 6.04 Å². The van der Waals surface area contributed by atoms with Crippen LogP contribution in [0.1, 0.15) is 42.5 Å². The van der Waals surface area contributed by atoms with E-state index in [1.165, 1.54) is 5.56 Å². The lowest BCUT2D eigenvalue weighted by atomic mass is 10.00. The average molecular weight is 284 g/mol. The molecule has 2 aromatic rings. The summed E-state index contributed by atoms with van der Waals surface area (Å²) >= 11 is 0. The third kappa shape index (κ3) is 4.13. The number of pyridine rings is 1. The number of carboxylic acid groups (broad SMARTS) is 1. The van der Waals surface area contributed by atoms with Crippen molar-refractivity contribution in [1.29, 1.82) is 0 Å². The van der Waals surface area contributed by atoms with Crippen molar-refractivity contribution in [3.8, 4) is 0 Å². The standard InChI is InChI=1S/C17H20N2O2/c1-12(17(20)21)15-5-3-14(4-6-15)11-19-13(2)16-7-9-18-10-8-16/h3-10,12-13,19H,11H2,1-2H3,(H,20,21)/t12?,13-/m1/s1. The zero-order valence-corrected chi connectivity index (χ0v) is 12.3. The van der Waals surface area contributed by atoms with Crippen LogP contribution in [0, 0.1) is 0 Å². The molecule has 21 heavy (non-hydrogen) atoms. The number of hydrogen-bond acceptors (Lipinski definition) is 3. The monoisotopic (exact) mass is 284 g/mol. The normalized spacial score (nSPS) is 13.6. The number of carbonyl (C=O) groups is 1. The summed E-state index contributed by atoms with van der Waals surface area (Å²) in [7, 11) is 0. The molecule has 1 heterocycles. The minimum absolute atomic E-state index is 0.241. The minimum atomic E-state index is -0.799. The maximum absolute atomic E-state index is 10.9. The summed E-state index contributed by atoms with van der Waals surface area (Å²) in [6.45, 7) is 4.54. The van der Waals surface area contributed by atoms with Crippen molar-refractivity contribution in [2.24, 2.45) is 0 Å². The van der Waals surface area contributed by atoms with E-state index in [1.54, 1.807) is 19.3 Å². The fourth-order valence-electron chi connectivity index (χ4n) is 2.11. The summed E-state index contributed by atoms with van der Waals surface area (Å²) in [6.07, 6.45) is 3.57. The van der Waals surface area contributed by atoms with Crippen molar-refractivity contribution in [2.75, 3.05) is 0 Å². The Bertz CT molecular complexity index is 581. The van der Waals surface area contributed by atoms with E-state index < -0.39 is 11.9 Å². The molecule has 4 heteroatoms. The Morgan fingerprint density at radius 2 is 1.71 bits per heavy atom. The molecule has 1 aromatic heterocycles. The van der Waals surface area contributed by atoms with Crippen LogP contribution in [-0.4, -0.2) is 16.1 Å². The third-order valence-corrected chi connectivity index (χ3v) is 3.67. The van der Waals surface area contributed by atoms with E-state index in [2.05, 4.69) is 17.2 Å². The Labute approximate surface area is 124 Å². The van der Waals surface area contributed by atoms with Crippen molar-refractivity contribution >= 4 is 5.97 Å². The molecule has 0 aliphatic rings. The molecule has 1 unspecified atom stereocenters. The van der Waals surface area contributed by atoms with Gasteiger partial charge in [0.2, 0.25) is 0 Å². The second-order valence-corrected chi connectivity index (χ2v) is 5.18. The summed E-state index contributed by atoms with van der Waals surface area (Å²) < 4.78 is 0. The maximum atomic E-state index is 10.9. The fraction of sp³-hybridized carbons (Fsp3) is 0.294. The molecular weight excluding hydrogens is 264 g/mol. The van der Waals surface area contributed by atoms with Crippen LogP contribution in [-0.2, 0) is 11.3 Å². The highest BCUT2D eigenvalue weighted by molar-refractivity contribution is 5.75. The molecule has 2 rings (SSSR count). The van der Waals surface area contributed by atoms with E-state index in [1.807, 2.05) is 36.4 Å². The van der Waals surface area contributed by atoms with Gasteiger partial charge in [0.1, 0.15) is 0 Å². The van der Waals surface area contributed by atoms with E-state index in [4.69, 9.17) is 5.11 Å². The number of aliphatic carboxylic acids is 1. The van der Waals surface area contributed by atoms with Gasteiger partial charge in [-0.15, -0.1) is 0 Å². The first-order chi connectivity index (χ1) is 10.1. The number of rotatable bonds is 6. The van der Waals surface area contributed by atoms with Gasteiger partial charge in [0.25, 0.3) is 0 Å². The van der Waals surface area contributed by atoms with E-state index in [9.17, 15) is 4.79 Å². The summed E-state index contributed by atoms with van der Waals surface area (Å²) in [4.78, 5) is 14.9. The first-order valence-electron chi connectivity index (χ1n) is 7.03. The zero-order chi connectivity index (χ0) is 15.2. The van der Waals surface area contributed by atoms with Gasteiger partial charge in [-0.25, -0.2) is 0 Å². The highest BCUT2D eigenvalue weighted by Gasteiger charge is 2.13. The van der Waals surface area contributed by atoms with Gasteiger partial charge in [-0.05, 0) is 42.7 Å². The number of hydrogen-bond donors (Lipinski definition) is 2. The third-order valence-electron chi connectivity index (χ3n) is 3.67. The molecule has 0 spiro atoms. The molecule has 110 valence electrons. The molecule has 0 radical (unpaired) electrons. The van der Waals surface area contributed by atoms with Gasteiger partial charge in [-0.2, -0.15) is 0 Å². The van der Waals surface area contributed by atoms with Gasteiger partial charge in [0, 0.05) is 25.0 Å². The largest absolute Gasteiger partial charge is 0.481 e. The second-order valence-electron chi connectivity index (χ2n) is 5.18. The van der Waals surface area contributed by atoms with Gasteiger partial charge < -0.3 is 10.4 Å². The Morgan fingerprint density at radius 1 is 1.10 bits per heavy atom. The van der Waals surface area contributed by atoms with E-state index in [0.29, 0.717) is 0 Å². The van der Waals surface area contributed by atoms with Crippen LogP contribution in [0.3, 0.4) is 0 Å². The Morgan fingerprint density at radius 3 is 2.29 bits per heavy atom. The lowest BCUT2D eigenvalue weighted by Gasteiger charge is -2.14. The van der Waals surface area contributed by atoms with Crippen LogP contribution in [0.15, 0.2) is 48.8 Å². The van der Waals surface area contributed by atoms with Crippen LogP contribution in [0.2, 0.25) is 0 Å². The molecule has 0 bridgehead atoms. The summed E-state index contributed by atoms with van der Waals surface area (Å²) in [5, 5.41) is 12.4. The van der Waals surface area contributed by atoms with Gasteiger partial charge in [0.15, 0.2) is 0 Å². The molecule has 0 aliphatic heterocycles. The Balaban J connectivity index is 1.93. The number of nitrogens with one attached hydrogen (secondary N) is 1. The van der Waals surface area contributed by atoms with Crippen molar-refractivity contribution in [2.45, 2.75) is 32.4 Å². The smallest absolute Gasteiger partial charge is 0.310 e. The molecule has 0 saturated heterocycles. The van der Waals surface area contributed by atoms with E-state index in [0.717, 1.165) is 17.7 Å². The number of carboxylic acids is 1. The predicted octanol–water partition coefficient (Wildman–Crippen LogP) is 3.12. The summed E-state index contributed by atoms with van der Waals surface area (Å²) in [5.41, 5.74) is 3.16. The predicted molar refractivity (Wildman–Crippen MR) is 82.0 cm³/mol. The SMILES string of the molecule is CC(C(=O)O)c1ccc(CN[C@H](C)c2ccncc2)cc1.